The van der Waals surface area contributed by atoms with Crippen molar-refractivity contribution in [2.24, 2.45) is 0 Å². The summed E-state index contributed by atoms with van der Waals surface area (Å²) in [6.45, 7) is 2.67. The van der Waals surface area contributed by atoms with E-state index in [9.17, 15) is 9.18 Å². The molecule has 0 radical (unpaired) electrons. The highest BCUT2D eigenvalue weighted by atomic mass is 19.1. The Hall–Kier alpha value is -3.21. The molecule has 4 nitrogen and oxygen atoms in total. The number of carbonyl (C=O) groups excluding carboxylic acids is 1. The van der Waals surface area contributed by atoms with Crippen LogP contribution in [0.2, 0.25) is 0 Å². The Balaban J connectivity index is 1.60. The number of hydrogen-bond acceptors (Lipinski definition) is 3. The first-order chi connectivity index (χ1) is 14.5. The topological polar surface area (TPSA) is 42.4 Å². The SMILES string of the molecule is COc1ccccc1CC(=O)N1CCC[C@@H]1c1cc(-c2ccc(F)cc2)cc(C)n1. The van der Waals surface area contributed by atoms with Crippen molar-refractivity contribution in [2.75, 3.05) is 13.7 Å². The third-order valence-corrected chi connectivity index (χ3v) is 5.60. The molecule has 1 aliphatic rings. The smallest absolute Gasteiger partial charge is 0.227 e. The van der Waals surface area contributed by atoms with E-state index in [1.807, 2.05) is 48.2 Å². The summed E-state index contributed by atoms with van der Waals surface area (Å²) in [5.41, 5.74) is 4.59. The van der Waals surface area contributed by atoms with Crippen LogP contribution in [0, 0.1) is 12.7 Å². The van der Waals surface area contributed by atoms with Crippen molar-refractivity contribution in [2.45, 2.75) is 32.2 Å². The van der Waals surface area contributed by atoms with Crippen LogP contribution in [0.4, 0.5) is 4.39 Å². The van der Waals surface area contributed by atoms with E-state index in [0.717, 1.165) is 53.2 Å². The second-order valence-corrected chi connectivity index (χ2v) is 7.66. The van der Waals surface area contributed by atoms with Gasteiger partial charge < -0.3 is 9.64 Å². The molecule has 2 heterocycles. The van der Waals surface area contributed by atoms with Crippen molar-refractivity contribution in [1.82, 2.24) is 9.88 Å². The molecular formula is C25H25FN2O2. The molecule has 1 fully saturated rings. The number of benzene rings is 2. The van der Waals surface area contributed by atoms with Crippen LogP contribution in [0.15, 0.2) is 60.7 Å². The van der Waals surface area contributed by atoms with Crippen molar-refractivity contribution >= 4 is 5.91 Å². The lowest BCUT2D eigenvalue weighted by atomic mass is 10.0. The van der Waals surface area contributed by atoms with E-state index in [1.54, 1.807) is 19.2 Å². The average Bonchev–Trinajstić information content (AvgIpc) is 3.24. The summed E-state index contributed by atoms with van der Waals surface area (Å²) in [5, 5.41) is 0. The first kappa shape index (κ1) is 20.1. The number of aryl methyl sites for hydroxylation is 1. The molecule has 1 aromatic heterocycles. The Morgan fingerprint density at radius 1 is 1.13 bits per heavy atom. The van der Waals surface area contributed by atoms with Crippen molar-refractivity contribution in [3.05, 3.63) is 83.4 Å². The predicted octanol–water partition coefficient (Wildman–Crippen LogP) is 5.11. The van der Waals surface area contributed by atoms with Gasteiger partial charge in [0, 0.05) is 17.8 Å². The van der Waals surface area contributed by atoms with Crippen LogP contribution < -0.4 is 4.74 Å². The fourth-order valence-corrected chi connectivity index (χ4v) is 4.16. The Bertz CT molecular complexity index is 1050. The van der Waals surface area contributed by atoms with Gasteiger partial charge in [-0.1, -0.05) is 30.3 Å². The number of methoxy groups -OCH3 is 1. The summed E-state index contributed by atoms with van der Waals surface area (Å²) in [5.74, 6) is 0.552. The Kier molecular flexibility index (Phi) is 5.79. The lowest BCUT2D eigenvalue weighted by molar-refractivity contribution is -0.131. The van der Waals surface area contributed by atoms with Gasteiger partial charge in [0.25, 0.3) is 0 Å². The molecule has 0 aliphatic carbocycles. The number of amides is 1. The van der Waals surface area contributed by atoms with Gasteiger partial charge in [0.1, 0.15) is 11.6 Å². The van der Waals surface area contributed by atoms with Gasteiger partial charge >= 0.3 is 0 Å². The van der Waals surface area contributed by atoms with Crippen molar-refractivity contribution in [3.63, 3.8) is 0 Å². The molecule has 154 valence electrons. The number of hydrogen-bond donors (Lipinski definition) is 0. The third-order valence-electron chi connectivity index (χ3n) is 5.60. The van der Waals surface area contributed by atoms with E-state index in [2.05, 4.69) is 0 Å². The van der Waals surface area contributed by atoms with Gasteiger partial charge in [0.05, 0.1) is 25.3 Å². The summed E-state index contributed by atoms with van der Waals surface area (Å²) >= 11 is 0. The van der Waals surface area contributed by atoms with Crippen LogP contribution in [0.25, 0.3) is 11.1 Å². The number of carbonyl (C=O) groups is 1. The van der Waals surface area contributed by atoms with E-state index >= 15 is 0 Å². The Morgan fingerprint density at radius 3 is 2.67 bits per heavy atom. The van der Waals surface area contributed by atoms with Crippen LogP contribution in [0.1, 0.15) is 35.8 Å². The summed E-state index contributed by atoms with van der Waals surface area (Å²) in [4.78, 5) is 19.8. The second kappa shape index (κ2) is 8.66. The quantitative estimate of drug-likeness (QED) is 0.593. The molecule has 0 N–H and O–H groups in total. The van der Waals surface area contributed by atoms with Gasteiger partial charge in [0.2, 0.25) is 5.91 Å². The van der Waals surface area contributed by atoms with Crippen molar-refractivity contribution in [3.8, 4) is 16.9 Å². The van der Waals surface area contributed by atoms with Crippen molar-refractivity contribution < 1.29 is 13.9 Å². The molecule has 2 aromatic carbocycles. The highest BCUT2D eigenvalue weighted by Crippen LogP contribution is 2.34. The Morgan fingerprint density at radius 2 is 1.90 bits per heavy atom. The number of rotatable bonds is 5. The monoisotopic (exact) mass is 404 g/mol. The van der Waals surface area contributed by atoms with E-state index in [4.69, 9.17) is 9.72 Å². The highest BCUT2D eigenvalue weighted by Gasteiger charge is 2.31. The maximum absolute atomic E-state index is 13.3. The summed E-state index contributed by atoms with van der Waals surface area (Å²) in [6.07, 6.45) is 2.14. The van der Waals surface area contributed by atoms with Gasteiger partial charge in [-0.05, 0) is 61.2 Å². The normalized spacial score (nSPS) is 16.0. The molecule has 4 rings (SSSR count). The lowest BCUT2D eigenvalue weighted by Crippen LogP contribution is -2.32. The minimum Gasteiger partial charge on any atom is -0.496 e. The first-order valence-corrected chi connectivity index (χ1v) is 10.2. The molecule has 1 saturated heterocycles. The molecule has 1 amide bonds. The molecule has 3 aromatic rings. The predicted molar refractivity (Wildman–Crippen MR) is 115 cm³/mol. The Labute approximate surface area is 176 Å². The fourth-order valence-electron chi connectivity index (χ4n) is 4.16. The number of ether oxygens (including phenoxy) is 1. The van der Waals surface area contributed by atoms with E-state index in [0.29, 0.717) is 6.42 Å². The molecule has 0 saturated carbocycles. The van der Waals surface area contributed by atoms with Gasteiger partial charge in [0.15, 0.2) is 0 Å². The van der Waals surface area contributed by atoms with Gasteiger partial charge in [-0.2, -0.15) is 0 Å². The molecule has 0 spiro atoms. The van der Waals surface area contributed by atoms with E-state index in [1.165, 1.54) is 12.1 Å². The number of nitrogens with zero attached hydrogens (tertiary/aromatic N) is 2. The largest absolute Gasteiger partial charge is 0.496 e. The van der Waals surface area contributed by atoms with E-state index in [-0.39, 0.29) is 17.8 Å². The number of aromatic nitrogens is 1. The number of likely N-dealkylation sites (tertiary alicyclic amines) is 1. The van der Waals surface area contributed by atoms with Gasteiger partial charge in [-0.15, -0.1) is 0 Å². The lowest BCUT2D eigenvalue weighted by Gasteiger charge is -2.25. The summed E-state index contributed by atoms with van der Waals surface area (Å²) < 4.78 is 18.7. The van der Waals surface area contributed by atoms with Gasteiger partial charge in [-0.3, -0.25) is 9.78 Å². The zero-order chi connectivity index (χ0) is 21.1. The van der Waals surface area contributed by atoms with Gasteiger partial charge in [-0.25, -0.2) is 4.39 Å². The second-order valence-electron chi connectivity index (χ2n) is 7.66. The third kappa shape index (κ3) is 4.20. The molecule has 1 aliphatic heterocycles. The average molecular weight is 404 g/mol. The van der Waals surface area contributed by atoms with Crippen LogP contribution in [0.3, 0.4) is 0 Å². The molecule has 0 bridgehead atoms. The molecular weight excluding hydrogens is 379 g/mol. The summed E-state index contributed by atoms with van der Waals surface area (Å²) in [7, 11) is 1.62. The first-order valence-electron chi connectivity index (χ1n) is 10.2. The maximum Gasteiger partial charge on any atom is 0.227 e. The molecule has 1 atom stereocenters. The van der Waals surface area contributed by atoms with Crippen LogP contribution >= 0.6 is 0 Å². The fraction of sp³-hybridized carbons (Fsp3) is 0.280. The number of halogens is 1. The zero-order valence-electron chi connectivity index (χ0n) is 17.3. The standard InChI is InChI=1S/C25H25FN2O2/c1-17-14-20(18-9-11-21(26)12-10-18)15-22(27-17)23-7-5-13-28(23)25(29)16-19-6-3-4-8-24(19)30-2/h3-4,6,8-12,14-15,23H,5,7,13,16H2,1-2H3/t23-/m1/s1. The molecule has 5 heteroatoms. The van der Waals surface area contributed by atoms with Crippen LogP contribution in [-0.4, -0.2) is 29.4 Å². The number of pyridine rings is 1. The van der Waals surface area contributed by atoms with Crippen molar-refractivity contribution in [1.29, 1.82) is 0 Å². The van der Waals surface area contributed by atoms with Crippen LogP contribution in [0.5, 0.6) is 5.75 Å². The maximum atomic E-state index is 13.3. The van der Waals surface area contributed by atoms with E-state index < -0.39 is 0 Å². The summed E-state index contributed by atoms with van der Waals surface area (Å²) in [6, 6.07) is 18.1. The molecule has 0 unspecified atom stereocenters. The molecule has 30 heavy (non-hydrogen) atoms. The minimum absolute atomic E-state index is 0.0497. The number of para-hydroxylation sites is 1. The zero-order valence-corrected chi connectivity index (χ0v) is 17.3. The van der Waals surface area contributed by atoms with Crippen LogP contribution in [-0.2, 0) is 11.2 Å². The highest BCUT2D eigenvalue weighted by molar-refractivity contribution is 5.80. The minimum atomic E-state index is -0.256.